The number of hydrogen-bond acceptors (Lipinski definition) is 3. The molecule has 0 spiro atoms. The summed E-state index contributed by atoms with van der Waals surface area (Å²) < 4.78 is 7.68. The fourth-order valence-corrected chi connectivity index (χ4v) is 3.50. The molecular weight excluding hydrogens is 384 g/mol. The number of carbonyl (C=O) groups excluding carboxylic acids is 1. The van der Waals surface area contributed by atoms with E-state index >= 15 is 0 Å². The third-order valence-electron chi connectivity index (χ3n) is 5.00. The molecule has 0 aliphatic rings. The van der Waals surface area contributed by atoms with Crippen molar-refractivity contribution >= 4 is 5.97 Å². The molecule has 1 heterocycles. The molecule has 0 saturated carbocycles. The molecule has 0 radical (unpaired) electrons. The molecule has 0 bridgehead atoms. The van der Waals surface area contributed by atoms with Crippen LogP contribution in [0.5, 0.6) is 0 Å². The molecule has 154 valence electrons. The Bertz CT molecular complexity index is 1180. The predicted octanol–water partition coefficient (Wildman–Crippen LogP) is 5.75. The summed E-state index contributed by atoms with van der Waals surface area (Å²) in [6.45, 7) is 5.44. The van der Waals surface area contributed by atoms with Crippen LogP contribution in [-0.4, -0.2) is 15.5 Å². The summed E-state index contributed by atoms with van der Waals surface area (Å²) in [5.74, 6) is 0.474. The largest absolute Gasteiger partial charge is 0.456 e. The Morgan fingerprint density at radius 1 is 0.903 bits per heavy atom. The minimum atomic E-state index is -0.413. The Balaban J connectivity index is 1.87. The average molecular weight is 409 g/mol. The fraction of sp³-hybridized carbons (Fsp3) is 0.111. The molecule has 0 fully saturated rings. The van der Waals surface area contributed by atoms with Gasteiger partial charge in [0.2, 0.25) is 0 Å². The van der Waals surface area contributed by atoms with Gasteiger partial charge in [-0.15, -0.1) is 0 Å². The van der Waals surface area contributed by atoms with Crippen LogP contribution in [0, 0.1) is 0 Å². The van der Waals surface area contributed by atoms with E-state index in [9.17, 15) is 4.79 Å². The zero-order valence-electron chi connectivity index (χ0n) is 17.5. The molecule has 4 aromatic rings. The van der Waals surface area contributed by atoms with Gasteiger partial charge in [0.1, 0.15) is 12.4 Å². The second kappa shape index (κ2) is 9.26. The lowest BCUT2D eigenvalue weighted by Crippen LogP contribution is -2.11. The first-order chi connectivity index (χ1) is 15.1. The summed E-state index contributed by atoms with van der Waals surface area (Å²) in [4.78, 5) is 17.2. The summed E-state index contributed by atoms with van der Waals surface area (Å²) in [7, 11) is 0. The number of imidazole rings is 1. The van der Waals surface area contributed by atoms with Crippen LogP contribution < -0.4 is 0 Å². The molecule has 0 atom stereocenters. The Morgan fingerprint density at radius 2 is 1.48 bits per heavy atom. The van der Waals surface area contributed by atoms with E-state index in [1.54, 1.807) is 6.92 Å². The van der Waals surface area contributed by atoms with Gasteiger partial charge >= 0.3 is 5.97 Å². The standard InChI is InChI=1S/C27H24N2O2/c1-20(2)27(30)31-19-24-26(22-14-8-4-9-15-22)28-25(18-21-12-6-3-7-13-21)29(24)23-16-10-5-11-17-23/h3-17H,1,18-19H2,2H3. The number of carbonyl (C=O) groups is 1. The summed E-state index contributed by atoms with van der Waals surface area (Å²) in [6.07, 6.45) is 0.657. The van der Waals surface area contributed by atoms with Gasteiger partial charge in [0.25, 0.3) is 0 Å². The van der Waals surface area contributed by atoms with Crippen molar-refractivity contribution in [1.29, 1.82) is 0 Å². The predicted molar refractivity (Wildman–Crippen MR) is 123 cm³/mol. The highest BCUT2D eigenvalue weighted by Crippen LogP contribution is 2.29. The molecule has 3 aromatic carbocycles. The molecule has 4 rings (SSSR count). The van der Waals surface area contributed by atoms with Gasteiger partial charge < -0.3 is 4.74 Å². The third kappa shape index (κ3) is 4.64. The van der Waals surface area contributed by atoms with E-state index in [0.717, 1.165) is 34.0 Å². The second-order valence-electron chi connectivity index (χ2n) is 7.38. The maximum Gasteiger partial charge on any atom is 0.333 e. The first kappa shape index (κ1) is 20.4. The van der Waals surface area contributed by atoms with Crippen molar-refractivity contribution in [2.75, 3.05) is 0 Å². The van der Waals surface area contributed by atoms with Crippen LogP contribution >= 0.6 is 0 Å². The highest BCUT2D eigenvalue weighted by atomic mass is 16.5. The van der Waals surface area contributed by atoms with Gasteiger partial charge in [-0.1, -0.05) is 85.4 Å². The highest BCUT2D eigenvalue weighted by Gasteiger charge is 2.21. The summed E-state index contributed by atoms with van der Waals surface area (Å²) in [5, 5.41) is 0. The molecule has 0 aliphatic heterocycles. The van der Waals surface area contributed by atoms with Crippen molar-refractivity contribution < 1.29 is 9.53 Å². The van der Waals surface area contributed by atoms with E-state index < -0.39 is 5.97 Å². The van der Waals surface area contributed by atoms with Crippen LogP contribution in [0.4, 0.5) is 0 Å². The van der Waals surface area contributed by atoms with Crippen LogP contribution in [0.2, 0.25) is 0 Å². The van der Waals surface area contributed by atoms with Gasteiger partial charge in [-0.3, -0.25) is 4.57 Å². The lowest BCUT2D eigenvalue weighted by atomic mass is 10.1. The number of nitrogens with zero attached hydrogens (tertiary/aromatic N) is 2. The molecule has 0 amide bonds. The molecule has 4 heteroatoms. The summed E-state index contributed by atoms with van der Waals surface area (Å²) in [5.41, 5.74) is 5.13. The van der Waals surface area contributed by atoms with E-state index in [-0.39, 0.29) is 6.61 Å². The second-order valence-corrected chi connectivity index (χ2v) is 7.38. The Morgan fingerprint density at radius 3 is 2.10 bits per heavy atom. The molecule has 0 N–H and O–H groups in total. The SMILES string of the molecule is C=C(C)C(=O)OCc1c(-c2ccccc2)nc(Cc2ccccc2)n1-c1ccccc1. The van der Waals surface area contributed by atoms with Gasteiger partial charge in [0.15, 0.2) is 0 Å². The number of esters is 1. The van der Waals surface area contributed by atoms with Crippen molar-refractivity contribution in [1.82, 2.24) is 9.55 Å². The number of para-hydroxylation sites is 1. The average Bonchev–Trinajstić information content (AvgIpc) is 3.17. The van der Waals surface area contributed by atoms with E-state index in [2.05, 4.69) is 23.3 Å². The first-order valence-corrected chi connectivity index (χ1v) is 10.2. The molecule has 0 saturated heterocycles. The molecular formula is C27H24N2O2. The van der Waals surface area contributed by atoms with Gasteiger partial charge in [-0.2, -0.15) is 0 Å². The van der Waals surface area contributed by atoms with Crippen molar-refractivity contribution in [3.05, 3.63) is 120 Å². The van der Waals surface area contributed by atoms with Crippen molar-refractivity contribution in [2.45, 2.75) is 20.0 Å². The summed E-state index contributed by atoms with van der Waals surface area (Å²) in [6, 6.07) is 30.3. The third-order valence-corrected chi connectivity index (χ3v) is 5.00. The lowest BCUT2D eigenvalue weighted by molar-refractivity contribution is -0.140. The van der Waals surface area contributed by atoms with E-state index in [1.165, 1.54) is 0 Å². The van der Waals surface area contributed by atoms with Gasteiger partial charge in [-0.05, 0) is 24.6 Å². The number of benzene rings is 3. The quantitative estimate of drug-likeness (QED) is 0.289. The normalized spacial score (nSPS) is 10.6. The minimum Gasteiger partial charge on any atom is -0.456 e. The zero-order valence-corrected chi connectivity index (χ0v) is 17.5. The molecule has 0 aliphatic carbocycles. The zero-order chi connectivity index (χ0) is 21.6. The summed E-state index contributed by atoms with van der Waals surface area (Å²) >= 11 is 0. The number of hydrogen-bond donors (Lipinski definition) is 0. The topological polar surface area (TPSA) is 44.1 Å². The highest BCUT2D eigenvalue weighted by molar-refractivity contribution is 5.87. The Kier molecular flexibility index (Phi) is 6.08. The Hall–Kier alpha value is -3.92. The van der Waals surface area contributed by atoms with E-state index in [4.69, 9.17) is 9.72 Å². The van der Waals surface area contributed by atoms with Gasteiger partial charge in [0.05, 0.1) is 11.4 Å². The van der Waals surface area contributed by atoms with Crippen molar-refractivity contribution in [2.24, 2.45) is 0 Å². The molecule has 31 heavy (non-hydrogen) atoms. The maximum absolute atomic E-state index is 12.2. The molecule has 4 nitrogen and oxygen atoms in total. The number of rotatable bonds is 7. The molecule has 1 aromatic heterocycles. The Labute approximate surface area is 182 Å². The first-order valence-electron chi connectivity index (χ1n) is 10.2. The van der Waals surface area contributed by atoms with Crippen LogP contribution in [0.15, 0.2) is 103 Å². The van der Waals surface area contributed by atoms with Crippen LogP contribution in [0.3, 0.4) is 0 Å². The van der Waals surface area contributed by atoms with Gasteiger partial charge in [0, 0.05) is 23.2 Å². The van der Waals surface area contributed by atoms with Crippen molar-refractivity contribution in [3.63, 3.8) is 0 Å². The monoisotopic (exact) mass is 408 g/mol. The number of aromatic nitrogens is 2. The number of ether oxygens (including phenoxy) is 1. The van der Waals surface area contributed by atoms with Crippen LogP contribution in [0.25, 0.3) is 16.9 Å². The van der Waals surface area contributed by atoms with Crippen molar-refractivity contribution in [3.8, 4) is 16.9 Å². The molecule has 0 unspecified atom stereocenters. The maximum atomic E-state index is 12.2. The van der Waals surface area contributed by atoms with E-state index in [1.807, 2.05) is 78.9 Å². The fourth-order valence-electron chi connectivity index (χ4n) is 3.50. The minimum absolute atomic E-state index is 0.104. The van der Waals surface area contributed by atoms with E-state index in [0.29, 0.717) is 12.0 Å². The lowest BCUT2D eigenvalue weighted by Gasteiger charge is -2.14. The van der Waals surface area contributed by atoms with Crippen LogP contribution in [-0.2, 0) is 22.6 Å². The smallest absolute Gasteiger partial charge is 0.333 e. The van der Waals surface area contributed by atoms with Crippen LogP contribution in [0.1, 0.15) is 24.0 Å². The van der Waals surface area contributed by atoms with Gasteiger partial charge in [-0.25, -0.2) is 9.78 Å².